The van der Waals surface area contributed by atoms with Crippen molar-refractivity contribution in [3.63, 3.8) is 0 Å². The van der Waals surface area contributed by atoms with Gasteiger partial charge in [0.2, 0.25) is 0 Å². The average molecular weight is 561 g/mol. The summed E-state index contributed by atoms with van der Waals surface area (Å²) in [5.74, 6) is 1.60. The quantitative estimate of drug-likeness (QED) is 0.194. The second-order valence-corrected chi connectivity index (χ2v) is 11.1. The van der Waals surface area contributed by atoms with Crippen LogP contribution in [0.1, 0.15) is 57.5 Å². The van der Waals surface area contributed by atoms with Crippen molar-refractivity contribution in [3.8, 4) is 0 Å². The normalized spacial score (nSPS) is 12.6. The second kappa shape index (κ2) is 16.3. The Morgan fingerprint density at radius 2 is 1.41 bits per heavy atom. The molecule has 1 heterocycles. The van der Waals surface area contributed by atoms with Crippen LogP contribution in [0, 0.1) is 11.8 Å². The van der Waals surface area contributed by atoms with Crippen molar-refractivity contribution in [2.45, 2.75) is 79.0 Å². The van der Waals surface area contributed by atoms with Gasteiger partial charge in [-0.1, -0.05) is 94.9 Å². The number of tetrazole rings is 1. The number of nitrogens with zero attached hydrogens (tertiary/aromatic N) is 4. The molecule has 2 atom stereocenters. The van der Waals surface area contributed by atoms with E-state index in [4.69, 9.17) is 9.47 Å². The Hall–Kier alpha value is -3.98. The van der Waals surface area contributed by atoms with E-state index in [1.54, 1.807) is 0 Å². The van der Waals surface area contributed by atoms with Crippen LogP contribution in [0.5, 0.6) is 0 Å². The van der Waals surface area contributed by atoms with Gasteiger partial charge in [0.15, 0.2) is 17.5 Å². The molecule has 0 fully saturated rings. The van der Waals surface area contributed by atoms with Gasteiger partial charge in [0.05, 0.1) is 18.7 Å². The van der Waals surface area contributed by atoms with Gasteiger partial charge in [0.25, 0.3) is 0 Å². The third-order valence-electron chi connectivity index (χ3n) is 6.43. The maximum atomic E-state index is 13.5. The molecular weight excluding hydrogens is 516 g/mol. The Labute approximate surface area is 244 Å². The number of Topliss-reactive ketones (excluding diaryl/α,β-unsaturated/α-hetero) is 1. The zero-order valence-electron chi connectivity index (χ0n) is 24.8. The number of benzene rings is 2. The van der Waals surface area contributed by atoms with E-state index in [0.717, 1.165) is 17.5 Å². The fraction of sp³-hybridized carbons (Fsp3) is 0.438. The van der Waals surface area contributed by atoms with Crippen LogP contribution in [0.2, 0.25) is 0 Å². The Morgan fingerprint density at radius 1 is 0.829 bits per heavy atom. The van der Waals surface area contributed by atoms with Crippen molar-refractivity contribution in [2.24, 2.45) is 11.8 Å². The van der Waals surface area contributed by atoms with E-state index in [2.05, 4.69) is 67.0 Å². The predicted molar refractivity (Wildman–Crippen MR) is 160 cm³/mol. The third-order valence-corrected chi connectivity index (χ3v) is 6.43. The van der Waals surface area contributed by atoms with Crippen molar-refractivity contribution in [2.75, 3.05) is 0 Å². The van der Waals surface area contributed by atoms with E-state index in [9.17, 15) is 4.79 Å². The minimum Gasteiger partial charge on any atom is -0.475 e. The van der Waals surface area contributed by atoms with E-state index in [0.29, 0.717) is 43.0 Å². The maximum Gasteiger partial charge on any atom is 0.180 e. The fourth-order valence-electron chi connectivity index (χ4n) is 4.35. The summed E-state index contributed by atoms with van der Waals surface area (Å²) < 4.78 is 13.2. The molecule has 0 saturated heterocycles. The van der Waals surface area contributed by atoms with E-state index >= 15 is 0 Å². The topological polar surface area (TPSA) is 103 Å². The molecule has 0 amide bonds. The molecule has 0 spiro atoms. The monoisotopic (exact) mass is 560 g/mol. The first-order valence-electron chi connectivity index (χ1n) is 14.2. The highest BCUT2D eigenvalue weighted by molar-refractivity contribution is 5.84. The summed E-state index contributed by atoms with van der Waals surface area (Å²) in [7, 11) is 0. The van der Waals surface area contributed by atoms with Crippen molar-refractivity contribution >= 4 is 5.78 Å². The summed E-state index contributed by atoms with van der Waals surface area (Å²) in [6.07, 6.45) is 1.43. The molecule has 0 radical (unpaired) electrons. The summed E-state index contributed by atoms with van der Waals surface area (Å²) in [5, 5.41) is 18.7. The lowest BCUT2D eigenvalue weighted by molar-refractivity contribution is -0.122. The summed E-state index contributed by atoms with van der Waals surface area (Å²) in [6.45, 7) is 17.9. The summed E-state index contributed by atoms with van der Waals surface area (Å²) in [4.78, 5) is 13.5. The minimum absolute atomic E-state index is 0.0288. The molecule has 2 aromatic carbocycles. The molecule has 0 aliphatic carbocycles. The molecule has 41 heavy (non-hydrogen) atoms. The fourth-order valence-corrected chi connectivity index (χ4v) is 4.35. The van der Waals surface area contributed by atoms with E-state index in [-0.39, 0.29) is 30.9 Å². The number of ketones is 1. The summed E-state index contributed by atoms with van der Waals surface area (Å²) >= 11 is 0. The Kier molecular flexibility index (Phi) is 12.6. The second-order valence-electron chi connectivity index (χ2n) is 11.1. The van der Waals surface area contributed by atoms with Crippen LogP contribution in [0.4, 0.5) is 0 Å². The van der Waals surface area contributed by atoms with E-state index < -0.39 is 6.04 Å². The summed E-state index contributed by atoms with van der Waals surface area (Å²) in [5.41, 5.74) is 2.83. The van der Waals surface area contributed by atoms with Crippen molar-refractivity contribution in [1.29, 1.82) is 0 Å². The van der Waals surface area contributed by atoms with Crippen LogP contribution in [-0.2, 0) is 40.6 Å². The van der Waals surface area contributed by atoms with E-state index in [1.165, 1.54) is 4.68 Å². The molecule has 3 rings (SSSR count). The summed E-state index contributed by atoms with van der Waals surface area (Å²) in [6, 6.07) is 19.2. The third kappa shape index (κ3) is 11.2. The number of carbonyl (C=O) groups is 1. The molecule has 0 saturated carbocycles. The molecule has 2 N–H and O–H groups in total. The van der Waals surface area contributed by atoms with Gasteiger partial charge in [-0.25, -0.2) is 4.68 Å². The van der Waals surface area contributed by atoms with Gasteiger partial charge in [0.1, 0.15) is 19.8 Å². The highest BCUT2D eigenvalue weighted by Crippen LogP contribution is 2.16. The zero-order valence-corrected chi connectivity index (χ0v) is 24.8. The number of rotatable bonds is 19. The molecule has 0 aliphatic heterocycles. The molecule has 9 heteroatoms. The van der Waals surface area contributed by atoms with Gasteiger partial charge in [-0.05, 0) is 52.8 Å². The molecule has 0 bridgehead atoms. The van der Waals surface area contributed by atoms with Gasteiger partial charge in [-0.2, -0.15) is 0 Å². The molecule has 0 aliphatic rings. The van der Waals surface area contributed by atoms with Gasteiger partial charge < -0.3 is 20.1 Å². The highest BCUT2D eigenvalue weighted by Gasteiger charge is 2.25. The first kappa shape index (κ1) is 31.5. The van der Waals surface area contributed by atoms with Crippen LogP contribution in [0.15, 0.2) is 85.4 Å². The first-order chi connectivity index (χ1) is 19.7. The van der Waals surface area contributed by atoms with Crippen molar-refractivity contribution in [3.05, 3.63) is 102 Å². The smallest absolute Gasteiger partial charge is 0.180 e. The maximum absolute atomic E-state index is 13.5. The van der Waals surface area contributed by atoms with Gasteiger partial charge in [-0.15, -0.1) is 5.10 Å². The number of hydrogen-bond acceptors (Lipinski definition) is 8. The number of carbonyl (C=O) groups excluding carboxylic acids is 1. The lowest BCUT2D eigenvalue weighted by Gasteiger charge is -2.29. The standard InChI is InChI=1S/C32H44N6O3/c1-23(2)17-29(34-26(6)41-21-28-15-11-8-12-16-28)25(5)33-30(18-24(3)4)31(39)19-38-32(35-36-37-38)22-40-20-27-13-9-7-10-14-27/h7-16,23-24,29-30,33-34H,5-6,17-22H2,1-4H3/t29-,30-/m0/s1. The van der Waals surface area contributed by atoms with Crippen LogP contribution >= 0.6 is 0 Å². The minimum atomic E-state index is -0.459. The largest absolute Gasteiger partial charge is 0.475 e. The number of ether oxygens (including phenoxy) is 2. The molecule has 1 aromatic heterocycles. The average Bonchev–Trinajstić information content (AvgIpc) is 3.38. The lowest BCUT2D eigenvalue weighted by atomic mass is 9.97. The number of hydrogen-bond donors (Lipinski definition) is 2. The molecule has 220 valence electrons. The Bertz CT molecular complexity index is 1230. The zero-order chi connectivity index (χ0) is 29.6. The number of aromatic nitrogens is 4. The Morgan fingerprint density at radius 3 is 2.02 bits per heavy atom. The van der Waals surface area contributed by atoms with Gasteiger partial charge in [-0.3, -0.25) is 4.79 Å². The Balaban J connectivity index is 1.60. The van der Waals surface area contributed by atoms with Gasteiger partial charge >= 0.3 is 0 Å². The van der Waals surface area contributed by atoms with Crippen molar-refractivity contribution in [1.82, 2.24) is 30.8 Å². The SMILES string of the molecule is C=C(N[C@@H](CC(C)C)C(=C)N[C@@H](CC(C)C)C(=O)Cn1nnnc1COCc1ccccc1)OCc1ccccc1. The van der Waals surface area contributed by atoms with Gasteiger partial charge in [0, 0.05) is 5.70 Å². The van der Waals surface area contributed by atoms with E-state index in [1.807, 2.05) is 60.7 Å². The van der Waals surface area contributed by atoms with Crippen LogP contribution in [0.3, 0.4) is 0 Å². The molecule has 0 unspecified atom stereocenters. The molecule has 3 aromatic rings. The van der Waals surface area contributed by atoms with Crippen LogP contribution in [-0.4, -0.2) is 38.1 Å². The first-order valence-corrected chi connectivity index (χ1v) is 14.2. The predicted octanol–water partition coefficient (Wildman–Crippen LogP) is 5.17. The van der Waals surface area contributed by atoms with Crippen LogP contribution in [0.25, 0.3) is 0 Å². The highest BCUT2D eigenvalue weighted by atomic mass is 16.5. The van der Waals surface area contributed by atoms with Crippen molar-refractivity contribution < 1.29 is 14.3 Å². The van der Waals surface area contributed by atoms with Crippen LogP contribution < -0.4 is 10.6 Å². The lowest BCUT2D eigenvalue weighted by Crippen LogP contribution is -2.45. The molecular formula is C32H44N6O3. The number of nitrogens with one attached hydrogen (secondary N) is 2. The molecule has 9 nitrogen and oxygen atoms in total.